The van der Waals surface area contributed by atoms with Crippen molar-refractivity contribution in [2.75, 3.05) is 12.0 Å². The molecule has 0 spiro atoms. The second-order valence-corrected chi connectivity index (χ2v) is 10.8. The Bertz CT molecular complexity index is 1090. The fourth-order valence-electron chi connectivity index (χ4n) is 3.84. The molecule has 0 bridgehead atoms. The number of nitrogens with one attached hydrogen (secondary N) is 4. The third kappa shape index (κ3) is 8.50. The first-order valence-electron chi connectivity index (χ1n) is 12.4. The second-order valence-electron chi connectivity index (χ2n) is 9.81. The number of hydrogen-bond acceptors (Lipinski definition) is 6. The van der Waals surface area contributed by atoms with Crippen LogP contribution in [-0.4, -0.2) is 70.0 Å². The maximum atomic E-state index is 13.4. The number of H-pyrrole nitrogens is 1. The molecule has 204 valence electrons. The first kappa shape index (κ1) is 30.2. The lowest BCUT2D eigenvalue weighted by molar-refractivity contribution is -0.143. The van der Waals surface area contributed by atoms with E-state index in [-0.39, 0.29) is 18.3 Å². The van der Waals surface area contributed by atoms with Gasteiger partial charge in [0.25, 0.3) is 0 Å². The number of carbonyl (C=O) groups is 4. The van der Waals surface area contributed by atoms with Crippen LogP contribution in [0.15, 0.2) is 30.5 Å². The maximum Gasteiger partial charge on any atom is 0.326 e. The Morgan fingerprint density at radius 2 is 1.57 bits per heavy atom. The number of nitrogens with two attached hydrogens (primary N) is 1. The summed E-state index contributed by atoms with van der Waals surface area (Å²) in [6, 6.07) is 3.69. The predicted octanol–water partition coefficient (Wildman–Crippen LogP) is 1.64. The molecule has 7 N–H and O–H groups in total. The largest absolute Gasteiger partial charge is 0.480 e. The zero-order chi connectivity index (χ0) is 27.7. The first-order chi connectivity index (χ1) is 17.5. The maximum absolute atomic E-state index is 13.4. The minimum Gasteiger partial charge on any atom is -0.480 e. The lowest BCUT2D eigenvalue weighted by atomic mass is 10.0. The molecule has 1 heterocycles. The smallest absolute Gasteiger partial charge is 0.326 e. The molecule has 0 radical (unpaired) electrons. The second kappa shape index (κ2) is 14.0. The number of benzene rings is 1. The fourth-order valence-corrected chi connectivity index (χ4v) is 4.32. The molecule has 10 nitrogen and oxygen atoms in total. The number of aromatic amines is 1. The summed E-state index contributed by atoms with van der Waals surface area (Å²) in [5.41, 5.74) is 7.64. The lowest BCUT2D eigenvalue weighted by Gasteiger charge is -2.26. The van der Waals surface area contributed by atoms with Crippen LogP contribution in [0, 0.1) is 11.8 Å². The van der Waals surface area contributed by atoms with Crippen LogP contribution in [0.3, 0.4) is 0 Å². The Hall–Kier alpha value is -3.05. The van der Waals surface area contributed by atoms with Crippen molar-refractivity contribution in [3.8, 4) is 0 Å². The Morgan fingerprint density at radius 3 is 2.16 bits per heavy atom. The van der Waals surface area contributed by atoms with E-state index in [1.165, 1.54) is 11.8 Å². The first-order valence-corrected chi connectivity index (χ1v) is 13.8. The molecule has 1 aromatic carbocycles. The van der Waals surface area contributed by atoms with E-state index in [1.54, 1.807) is 20.0 Å². The van der Waals surface area contributed by atoms with Gasteiger partial charge in [-0.1, -0.05) is 45.9 Å². The Kier molecular flexibility index (Phi) is 11.4. The van der Waals surface area contributed by atoms with Gasteiger partial charge < -0.3 is 31.8 Å². The molecule has 0 fully saturated rings. The van der Waals surface area contributed by atoms with Crippen LogP contribution in [-0.2, 0) is 25.6 Å². The van der Waals surface area contributed by atoms with Crippen molar-refractivity contribution in [2.24, 2.45) is 17.6 Å². The number of hydrogen-bond donors (Lipinski definition) is 6. The number of para-hydroxylation sites is 1. The highest BCUT2D eigenvalue weighted by molar-refractivity contribution is 7.98. The van der Waals surface area contributed by atoms with E-state index < -0.39 is 47.9 Å². The number of rotatable bonds is 14. The zero-order valence-corrected chi connectivity index (χ0v) is 22.9. The molecule has 11 heteroatoms. The number of fused-ring (bicyclic) bond motifs is 1. The molecular formula is C26H39N5O5S. The van der Waals surface area contributed by atoms with Gasteiger partial charge in [-0.25, -0.2) is 4.79 Å². The van der Waals surface area contributed by atoms with E-state index in [0.29, 0.717) is 12.2 Å². The topological polar surface area (TPSA) is 166 Å². The summed E-state index contributed by atoms with van der Waals surface area (Å²) in [7, 11) is 0. The Balaban J connectivity index is 2.32. The van der Waals surface area contributed by atoms with E-state index in [0.717, 1.165) is 16.5 Å². The van der Waals surface area contributed by atoms with Gasteiger partial charge in [0.15, 0.2) is 0 Å². The fraction of sp³-hybridized carbons (Fsp3) is 0.538. The number of aliphatic carboxylic acids is 1. The average molecular weight is 534 g/mol. The van der Waals surface area contributed by atoms with Crippen LogP contribution in [0.1, 0.15) is 39.7 Å². The van der Waals surface area contributed by atoms with Gasteiger partial charge in [0, 0.05) is 23.5 Å². The van der Waals surface area contributed by atoms with Crippen molar-refractivity contribution in [3.05, 3.63) is 36.0 Å². The van der Waals surface area contributed by atoms with Gasteiger partial charge in [-0.2, -0.15) is 11.8 Å². The van der Waals surface area contributed by atoms with Crippen molar-refractivity contribution in [1.29, 1.82) is 0 Å². The van der Waals surface area contributed by atoms with Crippen molar-refractivity contribution < 1.29 is 24.3 Å². The van der Waals surface area contributed by atoms with Gasteiger partial charge in [-0.15, -0.1) is 0 Å². The molecule has 2 aromatic rings. The van der Waals surface area contributed by atoms with Gasteiger partial charge in [0.05, 0.1) is 6.04 Å². The van der Waals surface area contributed by atoms with Crippen molar-refractivity contribution >= 4 is 46.4 Å². The third-order valence-electron chi connectivity index (χ3n) is 6.23. The van der Waals surface area contributed by atoms with Gasteiger partial charge in [0.1, 0.15) is 18.1 Å². The predicted molar refractivity (Wildman–Crippen MR) is 146 cm³/mol. The summed E-state index contributed by atoms with van der Waals surface area (Å²) in [5, 5.41) is 18.5. The number of aromatic nitrogens is 1. The van der Waals surface area contributed by atoms with E-state index >= 15 is 0 Å². The Morgan fingerprint density at radius 1 is 0.946 bits per heavy atom. The molecule has 4 unspecified atom stereocenters. The van der Waals surface area contributed by atoms with Crippen molar-refractivity contribution in [2.45, 2.75) is 64.7 Å². The monoisotopic (exact) mass is 533 g/mol. The van der Waals surface area contributed by atoms with E-state index in [9.17, 15) is 24.3 Å². The minimum atomic E-state index is -1.16. The van der Waals surface area contributed by atoms with Crippen LogP contribution >= 0.6 is 11.8 Å². The highest BCUT2D eigenvalue weighted by atomic mass is 32.2. The molecule has 2 rings (SSSR count). The lowest BCUT2D eigenvalue weighted by Crippen LogP contribution is -2.58. The van der Waals surface area contributed by atoms with Crippen LogP contribution in [0.2, 0.25) is 0 Å². The molecule has 37 heavy (non-hydrogen) atoms. The van der Waals surface area contributed by atoms with Gasteiger partial charge >= 0.3 is 5.97 Å². The molecule has 0 aliphatic rings. The SMILES string of the molecule is CSCCC(NC(=O)C(N)C(C)C)C(=O)NC(Cc1c[nH]c2ccccc12)C(=O)NC(C(=O)O)C(C)C. The van der Waals surface area contributed by atoms with E-state index in [1.807, 2.05) is 44.4 Å². The molecule has 0 saturated heterocycles. The van der Waals surface area contributed by atoms with E-state index in [4.69, 9.17) is 5.73 Å². The number of carboxylic acid groups (broad SMARTS) is 1. The molecule has 3 amide bonds. The standard InChI is InChI=1S/C26H39N5O5S/c1-14(2)21(27)25(34)29-19(10-11-37-5)23(32)30-20(24(33)31-22(15(3)4)26(35)36)12-16-13-28-18-9-7-6-8-17(16)18/h6-9,13-15,19-22,28H,10-12,27H2,1-5H3,(H,29,34)(H,30,32)(H,31,33)(H,35,36). The summed E-state index contributed by atoms with van der Waals surface area (Å²) < 4.78 is 0. The number of carbonyl (C=O) groups excluding carboxylic acids is 3. The van der Waals surface area contributed by atoms with Gasteiger partial charge in [0.2, 0.25) is 17.7 Å². The van der Waals surface area contributed by atoms with Gasteiger partial charge in [-0.05, 0) is 41.9 Å². The minimum absolute atomic E-state index is 0.117. The Labute approximate surface area is 221 Å². The van der Waals surface area contributed by atoms with Crippen LogP contribution in [0.4, 0.5) is 0 Å². The quantitative estimate of drug-likeness (QED) is 0.215. The zero-order valence-electron chi connectivity index (χ0n) is 22.0. The molecule has 4 atom stereocenters. The molecular weight excluding hydrogens is 494 g/mol. The average Bonchev–Trinajstić information content (AvgIpc) is 3.25. The van der Waals surface area contributed by atoms with E-state index in [2.05, 4.69) is 20.9 Å². The molecule has 0 saturated carbocycles. The van der Waals surface area contributed by atoms with Crippen LogP contribution < -0.4 is 21.7 Å². The summed E-state index contributed by atoms with van der Waals surface area (Å²) >= 11 is 1.52. The number of thioether (sulfide) groups is 1. The molecule has 0 aliphatic heterocycles. The highest BCUT2D eigenvalue weighted by Gasteiger charge is 2.32. The normalized spacial score (nSPS) is 14.7. The number of amides is 3. The van der Waals surface area contributed by atoms with Gasteiger partial charge in [-0.3, -0.25) is 14.4 Å². The van der Waals surface area contributed by atoms with Crippen molar-refractivity contribution in [3.63, 3.8) is 0 Å². The highest BCUT2D eigenvalue weighted by Crippen LogP contribution is 2.19. The van der Waals surface area contributed by atoms with Crippen molar-refractivity contribution in [1.82, 2.24) is 20.9 Å². The number of carboxylic acids is 1. The summed E-state index contributed by atoms with van der Waals surface area (Å²) in [5.74, 6) is -2.63. The summed E-state index contributed by atoms with van der Waals surface area (Å²) in [4.78, 5) is 54.1. The molecule has 1 aromatic heterocycles. The third-order valence-corrected chi connectivity index (χ3v) is 6.87. The summed E-state index contributed by atoms with van der Waals surface area (Å²) in [6.45, 7) is 7.02. The van der Waals surface area contributed by atoms with Crippen LogP contribution in [0.5, 0.6) is 0 Å². The summed E-state index contributed by atoms with van der Waals surface area (Å²) in [6.07, 6.45) is 4.13. The molecule has 0 aliphatic carbocycles. The van der Waals surface area contributed by atoms with Crippen LogP contribution in [0.25, 0.3) is 10.9 Å².